The summed E-state index contributed by atoms with van der Waals surface area (Å²) < 4.78 is 10.9. The Labute approximate surface area is 233 Å². The third-order valence-electron chi connectivity index (χ3n) is 5.35. The average Bonchev–Trinajstić information content (AvgIpc) is 3.31. The van der Waals surface area contributed by atoms with Crippen molar-refractivity contribution in [3.63, 3.8) is 0 Å². The molecule has 200 valence electrons. The molecule has 0 aliphatic rings. The van der Waals surface area contributed by atoms with Gasteiger partial charge in [-0.25, -0.2) is 0 Å². The second-order valence-corrected chi connectivity index (χ2v) is 11.3. The minimum atomic E-state index is -0.296. The van der Waals surface area contributed by atoms with Crippen LogP contribution in [-0.2, 0) is 15.3 Å². The smallest absolute Gasteiger partial charge is 0.258 e. The van der Waals surface area contributed by atoms with E-state index in [1.54, 1.807) is 18.0 Å². The third kappa shape index (κ3) is 11.3. The van der Waals surface area contributed by atoms with Crippen LogP contribution in [0.25, 0.3) is 0 Å². The molecule has 0 spiro atoms. The van der Waals surface area contributed by atoms with Gasteiger partial charge in [0.25, 0.3) is 5.91 Å². The van der Waals surface area contributed by atoms with Crippen molar-refractivity contribution in [2.75, 3.05) is 18.9 Å². The molecule has 6 nitrogen and oxygen atoms in total. The Balaban J connectivity index is 1.90. The lowest BCUT2D eigenvalue weighted by Gasteiger charge is -2.25. The van der Waals surface area contributed by atoms with Gasteiger partial charge in [-0.1, -0.05) is 68.4 Å². The minimum absolute atomic E-state index is 0.157. The van der Waals surface area contributed by atoms with E-state index in [0.29, 0.717) is 29.0 Å². The van der Waals surface area contributed by atoms with Crippen LogP contribution in [0.1, 0.15) is 52.2 Å². The van der Waals surface area contributed by atoms with Crippen LogP contribution in [0.5, 0.6) is 5.75 Å². The van der Waals surface area contributed by atoms with Crippen molar-refractivity contribution in [2.45, 2.75) is 64.3 Å². The fourth-order valence-electron chi connectivity index (χ4n) is 3.65. The number of rotatable bonds is 17. The fourth-order valence-corrected chi connectivity index (χ4v) is 5.45. The highest BCUT2D eigenvalue weighted by Crippen LogP contribution is 2.35. The summed E-state index contributed by atoms with van der Waals surface area (Å²) in [7, 11) is 0. The number of hydrogen-bond acceptors (Lipinski definition) is 6. The van der Waals surface area contributed by atoms with E-state index in [0.717, 1.165) is 31.4 Å². The van der Waals surface area contributed by atoms with Gasteiger partial charge in [0.15, 0.2) is 18.1 Å². The highest BCUT2D eigenvalue weighted by atomic mass is 35.5. The molecule has 0 fully saturated rings. The van der Waals surface area contributed by atoms with E-state index in [1.165, 1.54) is 12.1 Å². The lowest BCUT2D eigenvalue weighted by Crippen LogP contribution is -2.49. The van der Waals surface area contributed by atoms with Crippen molar-refractivity contribution in [3.8, 4) is 5.75 Å². The molecule has 0 aliphatic carbocycles. The largest absolute Gasteiger partial charge is 0.481 e. The first-order valence-electron chi connectivity index (χ1n) is 12.1. The molecule has 1 heterocycles. The number of furan rings is 1. The second kappa shape index (κ2) is 16.5. The molecule has 1 amide bonds. The monoisotopic (exact) mass is 576 g/mol. The Morgan fingerprint density at radius 2 is 1.89 bits per heavy atom. The maximum absolute atomic E-state index is 12.9. The first-order valence-corrected chi connectivity index (χ1v) is 14.4. The summed E-state index contributed by atoms with van der Waals surface area (Å²) in [6.07, 6.45) is 5.10. The summed E-state index contributed by atoms with van der Waals surface area (Å²) >= 11 is 19.8. The van der Waals surface area contributed by atoms with Crippen molar-refractivity contribution in [3.05, 3.63) is 51.4 Å². The van der Waals surface area contributed by atoms with Crippen molar-refractivity contribution in [2.24, 2.45) is 5.92 Å². The lowest BCUT2D eigenvalue weighted by atomic mass is 10.0. The van der Waals surface area contributed by atoms with Gasteiger partial charge in [0, 0.05) is 17.6 Å². The quantitative estimate of drug-likeness (QED) is 0.215. The van der Waals surface area contributed by atoms with Crippen LogP contribution in [0.2, 0.25) is 15.1 Å². The zero-order chi connectivity index (χ0) is 26.5. The molecule has 0 bridgehead atoms. The van der Waals surface area contributed by atoms with Gasteiger partial charge >= 0.3 is 0 Å². The summed E-state index contributed by atoms with van der Waals surface area (Å²) in [6.45, 7) is 6.53. The summed E-state index contributed by atoms with van der Waals surface area (Å²) in [5.74, 6) is 2.35. The topological polar surface area (TPSA) is 80.6 Å². The van der Waals surface area contributed by atoms with Crippen LogP contribution in [-0.4, -0.2) is 42.7 Å². The van der Waals surface area contributed by atoms with Crippen LogP contribution in [0.4, 0.5) is 0 Å². The third-order valence-corrected chi connectivity index (χ3v) is 7.10. The second-order valence-electron chi connectivity index (χ2n) is 9.02. The first-order chi connectivity index (χ1) is 17.2. The molecule has 0 saturated carbocycles. The maximum atomic E-state index is 12.9. The number of ketones is 1. The van der Waals surface area contributed by atoms with Gasteiger partial charge in [0.2, 0.25) is 0 Å². The number of thioether (sulfide) groups is 1. The van der Waals surface area contributed by atoms with Crippen LogP contribution in [0.15, 0.2) is 34.9 Å². The number of nitrogens with one attached hydrogen (secondary N) is 2. The van der Waals surface area contributed by atoms with Gasteiger partial charge < -0.3 is 19.8 Å². The molecule has 2 aromatic rings. The predicted molar refractivity (Wildman–Crippen MR) is 150 cm³/mol. The molecule has 2 unspecified atom stereocenters. The van der Waals surface area contributed by atoms with E-state index >= 15 is 0 Å². The first kappa shape index (κ1) is 30.8. The molecular formula is C26H35Cl3N2O4S. The zero-order valence-electron chi connectivity index (χ0n) is 21.0. The van der Waals surface area contributed by atoms with Gasteiger partial charge in [0.1, 0.15) is 5.76 Å². The number of halogens is 3. The van der Waals surface area contributed by atoms with Crippen LogP contribution in [0, 0.1) is 5.92 Å². The van der Waals surface area contributed by atoms with Crippen LogP contribution in [0.3, 0.4) is 0 Å². The SMILES string of the molecule is CCCCC(NCC(CC(C)C)NC(=O)COc1c(Cl)cc(Cl)cc1Cl)C(=O)CSCc1ccco1. The Morgan fingerprint density at radius 1 is 1.17 bits per heavy atom. The zero-order valence-corrected chi connectivity index (χ0v) is 24.0. The highest BCUT2D eigenvalue weighted by molar-refractivity contribution is 7.99. The van der Waals surface area contributed by atoms with Crippen LogP contribution < -0.4 is 15.4 Å². The Hall–Kier alpha value is -1.38. The predicted octanol–water partition coefficient (Wildman–Crippen LogP) is 6.80. The Bertz CT molecular complexity index is 934. The fraction of sp³-hybridized carbons (Fsp3) is 0.538. The molecule has 1 aromatic heterocycles. The van der Waals surface area contributed by atoms with Gasteiger partial charge in [-0.2, -0.15) is 0 Å². The summed E-state index contributed by atoms with van der Waals surface area (Å²) in [5, 5.41) is 7.28. The molecule has 2 atom stereocenters. The molecule has 2 N–H and O–H groups in total. The number of ether oxygens (including phenoxy) is 1. The molecule has 36 heavy (non-hydrogen) atoms. The van der Waals surface area contributed by atoms with Gasteiger partial charge in [-0.15, -0.1) is 11.8 Å². The van der Waals surface area contributed by atoms with E-state index in [2.05, 4.69) is 31.4 Å². The van der Waals surface area contributed by atoms with Gasteiger partial charge in [-0.05, 0) is 43.0 Å². The van der Waals surface area contributed by atoms with Crippen LogP contribution >= 0.6 is 46.6 Å². The molecule has 10 heteroatoms. The van der Waals surface area contributed by atoms with E-state index in [9.17, 15) is 9.59 Å². The van der Waals surface area contributed by atoms with Gasteiger partial charge in [0.05, 0.1) is 33.9 Å². The van der Waals surface area contributed by atoms with Crippen molar-refractivity contribution in [1.82, 2.24) is 10.6 Å². The molecule has 0 radical (unpaired) electrons. The Kier molecular flexibility index (Phi) is 14.1. The number of carbonyl (C=O) groups excluding carboxylic acids is 2. The van der Waals surface area contributed by atoms with E-state index in [1.807, 2.05) is 12.1 Å². The summed E-state index contributed by atoms with van der Waals surface area (Å²) in [5.41, 5.74) is 0. The van der Waals surface area contributed by atoms with Crippen molar-refractivity contribution < 1.29 is 18.7 Å². The number of carbonyl (C=O) groups is 2. The van der Waals surface area contributed by atoms with Crippen molar-refractivity contribution >= 4 is 58.3 Å². The number of Topliss-reactive ketones (excluding diaryl/α,β-unsaturated/α-hetero) is 1. The van der Waals surface area contributed by atoms with E-state index in [-0.39, 0.29) is 46.2 Å². The Morgan fingerprint density at radius 3 is 2.50 bits per heavy atom. The molecule has 1 aromatic carbocycles. The average molecular weight is 578 g/mol. The number of unbranched alkanes of at least 4 members (excludes halogenated alkanes) is 1. The number of hydrogen-bond donors (Lipinski definition) is 2. The highest BCUT2D eigenvalue weighted by Gasteiger charge is 2.21. The normalized spacial score (nSPS) is 13.0. The minimum Gasteiger partial charge on any atom is -0.481 e. The number of benzene rings is 1. The molecule has 0 saturated heterocycles. The molecule has 0 aliphatic heterocycles. The molecule has 2 rings (SSSR count). The van der Waals surface area contributed by atoms with Crippen molar-refractivity contribution in [1.29, 1.82) is 0 Å². The molecular weight excluding hydrogens is 543 g/mol. The lowest BCUT2D eigenvalue weighted by molar-refractivity contribution is -0.123. The standard InChI is InChI=1S/C26H35Cl3N2O4S/c1-4-5-8-23(24(32)16-36-15-20-7-6-9-34-20)30-13-19(10-17(2)3)31-25(33)14-35-26-21(28)11-18(27)12-22(26)29/h6-7,9,11-12,17,19,23,30H,4-5,8,10,13-16H2,1-3H3,(H,31,33). The summed E-state index contributed by atoms with van der Waals surface area (Å²) in [4.78, 5) is 25.6. The van der Waals surface area contributed by atoms with E-state index in [4.69, 9.17) is 44.0 Å². The maximum Gasteiger partial charge on any atom is 0.258 e. The number of amides is 1. The van der Waals surface area contributed by atoms with E-state index < -0.39 is 0 Å². The summed E-state index contributed by atoms with van der Waals surface area (Å²) in [6, 6.07) is 6.34. The van der Waals surface area contributed by atoms with Gasteiger partial charge in [-0.3, -0.25) is 9.59 Å².